The summed E-state index contributed by atoms with van der Waals surface area (Å²) in [6, 6.07) is 4.04. The summed E-state index contributed by atoms with van der Waals surface area (Å²) in [5.74, 6) is -0.315. The minimum Gasteiger partial charge on any atom is -0.299 e. The van der Waals surface area contributed by atoms with Crippen LogP contribution in [0.25, 0.3) is 0 Å². The van der Waals surface area contributed by atoms with Crippen LogP contribution in [-0.4, -0.2) is 5.78 Å². The Labute approximate surface area is 105 Å². The van der Waals surface area contributed by atoms with Crippen LogP contribution < -0.4 is 0 Å². The number of rotatable bonds is 1. The van der Waals surface area contributed by atoms with Crippen molar-refractivity contribution in [3.05, 3.63) is 33.8 Å². The lowest BCUT2D eigenvalue weighted by atomic mass is 9.95. The van der Waals surface area contributed by atoms with E-state index >= 15 is 0 Å². The van der Waals surface area contributed by atoms with Gasteiger partial charge in [-0.15, -0.1) is 0 Å². The van der Waals surface area contributed by atoms with Gasteiger partial charge in [0.15, 0.2) is 0 Å². The summed E-state index contributed by atoms with van der Waals surface area (Å²) in [4.78, 5) is 11.5. The van der Waals surface area contributed by atoms with Crippen LogP contribution in [0.4, 0.5) is 13.2 Å². The third kappa shape index (κ3) is 2.54. The molecule has 0 heterocycles. The monoisotopic (exact) mass is 306 g/mol. The molecular formula is C12H10BrF3O. The molecule has 1 aromatic rings. The molecule has 1 aromatic carbocycles. The van der Waals surface area contributed by atoms with Gasteiger partial charge in [-0.2, -0.15) is 13.2 Å². The SMILES string of the molecule is O=C1CCCC1c1ccc(Br)c(C(F)(F)F)c1. The molecule has 1 unspecified atom stereocenters. The Morgan fingerprint density at radius 3 is 2.53 bits per heavy atom. The fourth-order valence-corrected chi connectivity index (χ4v) is 2.62. The quantitative estimate of drug-likeness (QED) is 0.756. The van der Waals surface area contributed by atoms with Gasteiger partial charge in [-0.25, -0.2) is 0 Å². The molecule has 0 radical (unpaired) electrons. The Bertz CT molecular complexity index is 454. The Morgan fingerprint density at radius 2 is 2.00 bits per heavy atom. The average molecular weight is 307 g/mol. The minimum absolute atomic E-state index is 0.0131. The van der Waals surface area contributed by atoms with E-state index < -0.39 is 11.7 Å². The molecule has 0 bridgehead atoms. The van der Waals surface area contributed by atoms with Gasteiger partial charge >= 0.3 is 6.18 Å². The topological polar surface area (TPSA) is 17.1 Å². The molecule has 17 heavy (non-hydrogen) atoms. The lowest BCUT2D eigenvalue weighted by molar-refractivity contribution is -0.138. The maximum Gasteiger partial charge on any atom is 0.417 e. The van der Waals surface area contributed by atoms with E-state index in [1.807, 2.05) is 0 Å². The van der Waals surface area contributed by atoms with Gasteiger partial charge < -0.3 is 0 Å². The van der Waals surface area contributed by atoms with Crippen LogP contribution in [0.15, 0.2) is 22.7 Å². The molecule has 1 atom stereocenters. The van der Waals surface area contributed by atoms with Crippen LogP contribution in [0, 0.1) is 0 Å². The molecule has 0 saturated heterocycles. The van der Waals surface area contributed by atoms with Crippen LogP contribution >= 0.6 is 15.9 Å². The number of carbonyl (C=O) groups is 1. The molecule has 0 aromatic heterocycles. The van der Waals surface area contributed by atoms with Crippen molar-refractivity contribution >= 4 is 21.7 Å². The first-order valence-electron chi connectivity index (χ1n) is 5.29. The molecule has 1 aliphatic carbocycles. The standard InChI is InChI=1S/C12H10BrF3O/c13-10-5-4-7(6-9(10)12(14,15)16)8-2-1-3-11(8)17/h4-6,8H,1-3H2. The van der Waals surface area contributed by atoms with Crippen LogP contribution in [0.2, 0.25) is 0 Å². The van der Waals surface area contributed by atoms with Crippen molar-refractivity contribution in [3.63, 3.8) is 0 Å². The molecular weight excluding hydrogens is 297 g/mol. The van der Waals surface area contributed by atoms with Crippen molar-refractivity contribution in [1.29, 1.82) is 0 Å². The highest BCUT2D eigenvalue weighted by atomic mass is 79.9. The van der Waals surface area contributed by atoms with Crippen molar-refractivity contribution < 1.29 is 18.0 Å². The van der Waals surface area contributed by atoms with Gasteiger partial charge in [-0.05, 0) is 30.5 Å². The van der Waals surface area contributed by atoms with E-state index in [9.17, 15) is 18.0 Å². The summed E-state index contributed by atoms with van der Waals surface area (Å²) in [6.45, 7) is 0. The lowest BCUT2D eigenvalue weighted by Gasteiger charge is -2.14. The second kappa shape index (κ2) is 4.44. The minimum atomic E-state index is -4.39. The van der Waals surface area contributed by atoms with Gasteiger partial charge in [-0.3, -0.25) is 4.79 Å². The first-order chi connectivity index (χ1) is 7.89. The average Bonchev–Trinajstić information content (AvgIpc) is 2.63. The predicted octanol–water partition coefficient (Wildman–Crippen LogP) is 4.30. The van der Waals surface area contributed by atoms with Crippen molar-refractivity contribution in [2.75, 3.05) is 0 Å². The number of Topliss-reactive ketones (excluding diaryl/α,β-unsaturated/α-hetero) is 1. The highest BCUT2D eigenvalue weighted by molar-refractivity contribution is 9.10. The van der Waals surface area contributed by atoms with Crippen molar-refractivity contribution in [2.45, 2.75) is 31.4 Å². The van der Waals surface area contributed by atoms with Gasteiger partial charge in [0.25, 0.3) is 0 Å². The number of carbonyl (C=O) groups excluding carboxylic acids is 1. The number of alkyl halides is 3. The normalized spacial score (nSPS) is 20.9. The number of halogens is 4. The van der Waals surface area contributed by atoms with E-state index in [2.05, 4.69) is 15.9 Å². The summed E-state index contributed by atoms with van der Waals surface area (Å²) in [5, 5.41) is 0. The summed E-state index contributed by atoms with van der Waals surface area (Å²) in [5.41, 5.74) is -0.238. The molecule has 0 spiro atoms. The van der Waals surface area contributed by atoms with Gasteiger partial charge in [0.1, 0.15) is 5.78 Å². The van der Waals surface area contributed by atoms with Crippen molar-refractivity contribution in [2.24, 2.45) is 0 Å². The third-order valence-corrected chi connectivity index (χ3v) is 3.69. The molecule has 2 rings (SSSR count). The summed E-state index contributed by atoms with van der Waals surface area (Å²) < 4.78 is 38.1. The molecule has 1 nitrogen and oxygen atoms in total. The first-order valence-corrected chi connectivity index (χ1v) is 6.08. The van der Waals surface area contributed by atoms with Gasteiger partial charge in [-0.1, -0.05) is 22.0 Å². The van der Waals surface area contributed by atoms with E-state index in [-0.39, 0.29) is 16.2 Å². The maximum absolute atomic E-state index is 12.7. The van der Waals surface area contributed by atoms with Gasteiger partial charge in [0.2, 0.25) is 0 Å². The number of hydrogen-bond donors (Lipinski definition) is 0. The molecule has 0 N–H and O–H groups in total. The van der Waals surface area contributed by atoms with E-state index in [0.29, 0.717) is 18.4 Å². The molecule has 1 fully saturated rings. The zero-order valence-electron chi connectivity index (χ0n) is 8.85. The van der Waals surface area contributed by atoms with E-state index in [1.54, 1.807) is 6.07 Å². The zero-order valence-corrected chi connectivity index (χ0v) is 10.4. The predicted molar refractivity (Wildman–Crippen MR) is 60.7 cm³/mol. The Hall–Kier alpha value is -0.840. The molecule has 92 valence electrons. The van der Waals surface area contributed by atoms with Crippen LogP contribution in [-0.2, 0) is 11.0 Å². The highest BCUT2D eigenvalue weighted by Crippen LogP contribution is 2.39. The molecule has 0 amide bonds. The highest BCUT2D eigenvalue weighted by Gasteiger charge is 2.35. The molecule has 0 aliphatic heterocycles. The Morgan fingerprint density at radius 1 is 1.29 bits per heavy atom. The van der Waals surface area contributed by atoms with E-state index in [4.69, 9.17) is 0 Å². The van der Waals surface area contributed by atoms with E-state index in [1.165, 1.54) is 6.07 Å². The number of ketones is 1. The Balaban J connectivity index is 2.41. The third-order valence-electron chi connectivity index (χ3n) is 3.00. The number of hydrogen-bond acceptors (Lipinski definition) is 1. The summed E-state index contributed by atoms with van der Waals surface area (Å²) in [7, 11) is 0. The summed E-state index contributed by atoms with van der Waals surface area (Å²) in [6.07, 6.45) is -2.50. The van der Waals surface area contributed by atoms with Gasteiger partial charge in [0, 0.05) is 16.8 Å². The second-order valence-electron chi connectivity index (χ2n) is 4.15. The fraction of sp³-hybridized carbons (Fsp3) is 0.417. The van der Waals surface area contributed by atoms with Gasteiger partial charge in [0.05, 0.1) is 5.56 Å². The molecule has 1 aliphatic rings. The van der Waals surface area contributed by atoms with E-state index in [0.717, 1.165) is 12.5 Å². The molecule has 1 saturated carbocycles. The number of benzene rings is 1. The van der Waals surface area contributed by atoms with Crippen LogP contribution in [0.3, 0.4) is 0 Å². The van der Waals surface area contributed by atoms with Crippen LogP contribution in [0.1, 0.15) is 36.3 Å². The maximum atomic E-state index is 12.7. The summed E-state index contributed by atoms with van der Waals surface area (Å²) >= 11 is 2.88. The molecule has 5 heteroatoms. The largest absolute Gasteiger partial charge is 0.417 e. The van der Waals surface area contributed by atoms with Crippen molar-refractivity contribution in [1.82, 2.24) is 0 Å². The van der Waals surface area contributed by atoms with Crippen molar-refractivity contribution in [3.8, 4) is 0 Å². The second-order valence-corrected chi connectivity index (χ2v) is 5.00. The Kier molecular flexibility index (Phi) is 3.30. The fourth-order valence-electron chi connectivity index (χ4n) is 2.15. The van der Waals surface area contributed by atoms with Crippen LogP contribution in [0.5, 0.6) is 0 Å². The lowest BCUT2D eigenvalue weighted by Crippen LogP contribution is -2.10. The smallest absolute Gasteiger partial charge is 0.299 e. The first kappa shape index (κ1) is 12.6. The zero-order chi connectivity index (χ0) is 12.6.